The summed E-state index contributed by atoms with van der Waals surface area (Å²) in [5.74, 6) is 0. The van der Waals surface area contributed by atoms with Gasteiger partial charge in [-0.2, -0.15) is 0 Å². The Hall–Kier alpha value is -0.160. The summed E-state index contributed by atoms with van der Waals surface area (Å²) < 4.78 is 11.2. The van der Waals surface area contributed by atoms with E-state index in [9.17, 15) is 5.11 Å². The first-order valence-corrected chi connectivity index (χ1v) is 6.34. The van der Waals surface area contributed by atoms with E-state index in [4.69, 9.17) is 9.47 Å². The third-order valence-electron chi connectivity index (χ3n) is 3.34. The zero-order valence-electron chi connectivity index (χ0n) is 11.8. The van der Waals surface area contributed by atoms with Crippen molar-refractivity contribution in [2.75, 3.05) is 33.4 Å². The topological polar surface area (TPSA) is 41.9 Å². The molecule has 0 bridgehead atoms. The molecule has 0 radical (unpaired) electrons. The molecule has 1 heterocycles. The van der Waals surface area contributed by atoms with Gasteiger partial charge in [-0.05, 0) is 34.1 Å². The largest absolute Gasteiger partial charge is 0.394 e. The second-order valence-corrected chi connectivity index (χ2v) is 6.13. The molecule has 1 rings (SSSR count). The van der Waals surface area contributed by atoms with Crippen LogP contribution in [0, 0.1) is 0 Å². The van der Waals surface area contributed by atoms with E-state index in [1.54, 1.807) is 7.11 Å². The van der Waals surface area contributed by atoms with Crippen molar-refractivity contribution in [3.8, 4) is 0 Å². The van der Waals surface area contributed by atoms with Crippen LogP contribution < -0.4 is 0 Å². The van der Waals surface area contributed by atoms with Crippen molar-refractivity contribution in [3.05, 3.63) is 0 Å². The van der Waals surface area contributed by atoms with Gasteiger partial charge in [0.05, 0.1) is 23.9 Å². The quantitative estimate of drug-likeness (QED) is 0.792. The molecule has 0 aromatic rings. The lowest BCUT2D eigenvalue weighted by Crippen LogP contribution is -2.54. The summed E-state index contributed by atoms with van der Waals surface area (Å²) in [6, 6.07) is 0. The van der Waals surface area contributed by atoms with Gasteiger partial charge in [0.15, 0.2) is 0 Å². The number of ether oxygens (including phenoxy) is 2. The van der Waals surface area contributed by atoms with E-state index in [0.29, 0.717) is 0 Å². The fraction of sp³-hybridized carbons (Fsp3) is 1.00. The molecule has 0 amide bonds. The van der Waals surface area contributed by atoms with Crippen LogP contribution in [0.1, 0.15) is 34.1 Å². The monoisotopic (exact) mass is 245 g/mol. The van der Waals surface area contributed by atoms with Gasteiger partial charge >= 0.3 is 0 Å². The first kappa shape index (κ1) is 14.9. The lowest BCUT2D eigenvalue weighted by atomic mass is 10.0. The molecule has 0 aliphatic carbocycles. The highest BCUT2D eigenvalue weighted by atomic mass is 16.5. The summed E-state index contributed by atoms with van der Waals surface area (Å²) in [6.07, 6.45) is 0.918. The number of hydrogen-bond acceptors (Lipinski definition) is 4. The van der Waals surface area contributed by atoms with E-state index in [0.717, 1.165) is 26.1 Å². The molecule has 1 saturated heterocycles. The van der Waals surface area contributed by atoms with Crippen LogP contribution in [0.2, 0.25) is 0 Å². The Morgan fingerprint density at radius 2 is 2.12 bits per heavy atom. The van der Waals surface area contributed by atoms with Crippen molar-refractivity contribution >= 4 is 0 Å². The molecule has 0 saturated carbocycles. The summed E-state index contributed by atoms with van der Waals surface area (Å²) in [7, 11) is 1.75. The molecular weight excluding hydrogens is 218 g/mol. The zero-order valence-corrected chi connectivity index (χ0v) is 11.8. The van der Waals surface area contributed by atoms with E-state index in [1.807, 2.05) is 0 Å². The number of methoxy groups -OCH3 is 1. The molecule has 4 nitrogen and oxygen atoms in total. The molecule has 0 aromatic heterocycles. The van der Waals surface area contributed by atoms with Gasteiger partial charge in [0.25, 0.3) is 0 Å². The Balaban J connectivity index is 2.48. The molecule has 1 atom stereocenters. The van der Waals surface area contributed by atoms with Gasteiger partial charge in [-0.15, -0.1) is 0 Å². The maximum absolute atomic E-state index is 9.24. The number of aliphatic hydroxyl groups excluding tert-OH is 1. The van der Waals surface area contributed by atoms with Gasteiger partial charge in [0.2, 0.25) is 0 Å². The summed E-state index contributed by atoms with van der Waals surface area (Å²) in [4.78, 5) is 2.35. The summed E-state index contributed by atoms with van der Waals surface area (Å²) in [5.41, 5.74) is -0.264. The molecular formula is C13H27NO3. The molecule has 0 aromatic carbocycles. The highest BCUT2D eigenvalue weighted by Crippen LogP contribution is 2.22. The van der Waals surface area contributed by atoms with Gasteiger partial charge in [0, 0.05) is 26.7 Å². The van der Waals surface area contributed by atoms with Crippen LogP contribution in [-0.2, 0) is 9.47 Å². The van der Waals surface area contributed by atoms with Crippen LogP contribution in [0.4, 0.5) is 0 Å². The summed E-state index contributed by atoms with van der Waals surface area (Å²) in [6.45, 7) is 11.1. The second kappa shape index (κ2) is 5.65. The van der Waals surface area contributed by atoms with Crippen molar-refractivity contribution < 1.29 is 14.6 Å². The number of aliphatic hydroxyl groups is 1. The zero-order chi connectivity index (χ0) is 13.1. The van der Waals surface area contributed by atoms with Crippen LogP contribution in [0.3, 0.4) is 0 Å². The third-order valence-corrected chi connectivity index (χ3v) is 3.34. The normalized spacial score (nSPS) is 26.1. The Morgan fingerprint density at radius 1 is 1.47 bits per heavy atom. The predicted molar refractivity (Wildman–Crippen MR) is 68.2 cm³/mol. The molecule has 4 heteroatoms. The average molecular weight is 245 g/mol. The van der Waals surface area contributed by atoms with Gasteiger partial charge in [-0.3, -0.25) is 4.90 Å². The standard InChI is InChI=1S/C13H27NO3/c1-12(2,16-5)6-7-14-8-11(9-15)17-13(3,4)10-14/h11,15H,6-10H2,1-5H3. The van der Waals surface area contributed by atoms with Crippen molar-refractivity contribution in [1.82, 2.24) is 4.90 Å². The fourth-order valence-corrected chi connectivity index (χ4v) is 2.21. The van der Waals surface area contributed by atoms with Crippen LogP contribution >= 0.6 is 0 Å². The van der Waals surface area contributed by atoms with Crippen molar-refractivity contribution in [1.29, 1.82) is 0 Å². The SMILES string of the molecule is COC(C)(C)CCN1CC(CO)OC(C)(C)C1. The first-order valence-electron chi connectivity index (χ1n) is 6.34. The van der Waals surface area contributed by atoms with E-state index in [2.05, 4.69) is 32.6 Å². The average Bonchev–Trinajstić information content (AvgIpc) is 2.24. The molecule has 102 valence electrons. The van der Waals surface area contributed by atoms with E-state index in [-0.39, 0.29) is 23.9 Å². The van der Waals surface area contributed by atoms with Gasteiger partial charge in [-0.25, -0.2) is 0 Å². The number of hydrogen-bond donors (Lipinski definition) is 1. The van der Waals surface area contributed by atoms with Crippen LogP contribution in [0.15, 0.2) is 0 Å². The third kappa shape index (κ3) is 4.92. The van der Waals surface area contributed by atoms with E-state index < -0.39 is 0 Å². The summed E-state index contributed by atoms with van der Waals surface area (Å²) >= 11 is 0. The molecule has 1 unspecified atom stereocenters. The fourth-order valence-electron chi connectivity index (χ4n) is 2.21. The molecule has 1 aliphatic heterocycles. The maximum Gasteiger partial charge on any atom is 0.0940 e. The molecule has 1 aliphatic rings. The van der Waals surface area contributed by atoms with E-state index >= 15 is 0 Å². The number of nitrogens with zero attached hydrogens (tertiary/aromatic N) is 1. The van der Waals surface area contributed by atoms with Gasteiger partial charge in [0.1, 0.15) is 0 Å². The molecule has 17 heavy (non-hydrogen) atoms. The lowest BCUT2D eigenvalue weighted by molar-refractivity contribution is -0.151. The highest BCUT2D eigenvalue weighted by molar-refractivity contribution is 4.85. The molecule has 1 fully saturated rings. The summed E-state index contributed by atoms with van der Waals surface area (Å²) in [5, 5.41) is 9.24. The van der Waals surface area contributed by atoms with Gasteiger partial charge < -0.3 is 14.6 Å². The Kier molecular flexibility index (Phi) is 4.95. The van der Waals surface area contributed by atoms with Crippen LogP contribution in [-0.4, -0.2) is 60.7 Å². The predicted octanol–water partition coefficient (Wildman–Crippen LogP) is 1.27. The van der Waals surface area contributed by atoms with Crippen molar-refractivity contribution in [2.24, 2.45) is 0 Å². The minimum atomic E-state index is -0.178. The highest BCUT2D eigenvalue weighted by Gasteiger charge is 2.33. The van der Waals surface area contributed by atoms with Crippen LogP contribution in [0.25, 0.3) is 0 Å². The molecule has 0 spiro atoms. The van der Waals surface area contributed by atoms with Crippen molar-refractivity contribution in [3.63, 3.8) is 0 Å². The smallest absolute Gasteiger partial charge is 0.0940 e. The maximum atomic E-state index is 9.24. The Morgan fingerprint density at radius 3 is 2.65 bits per heavy atom. The Labute approximate surface area is 105 Å². The Bertz CT molecular complexity index is 241. The van der Waals surface area contributed by atoms with Crippen LogP contribution in [0.5, 0.6) is 0 Å². The van der Waals surface area contributed by atoms with E-state index in [1.165, 1.54) is 0 Å². The second-order valence-electron chi connectivity index (χ2n) is 6.13. The van der Waals surface area contributed by atoms with Gasteiger partial charge in [-0.1, -0.05) is 0 Å². The van der Waals surface area contributed by atoms with Crippen molar-refractivity contribution in [2.45, 2.75) is 51.4 Å². The minimum absolute atomic E-state index is 0.0654. The number of rotatable bonds is 5. The first-order chi connectivity index (χ1) is 7.78. The lowest BCUT2D eigenvalue weighted by Gasteiger charge is -2.43. The number of morpholine rings is 1. The molecule has 1 N–H and O–H groups in total. The minimum Gasteiger partial charge on any atom is -0.394 e.